The van der Waals surface area contributed by atoms with Gasteiger partial charge in [0.2, 0.25) is 0 Å². The van der Waals surface area contributed by atoms with Gasteiger partial charge in [0, 0.05) is 46.9 Å². The Hall–Kier alpha value is -3.80. The number of likely N-dealkylation sites (tertiary alicyclic amines) is 1. The molecule has 250 valence electrons. The highest BCUT2D eigenvalue weighted by molar-refractivity contribution is 7.22. The number of ketones is 1. The number of hydrogen-bond donors (Lipinski definition) is 0. The van der Waals surface area contributed by atoms with Crippen LogP contribution in [0.25, 0.3) is 20.5 Å². The van der Waals surface area contributed by atoms with Gasteiger partial charge in [-0.2, -0.15) is 0 Å². The molecular formula is C36H40ClNO8S. The predicted octanol–water partition coefficient (Wildman–Crippen LogP) is 6.97. The summed E-state index contributed by atoms with van der Waals surface area (Å²) in [6.45, 7) is 4.27. The van der Waals surface area contributed by atoms with E-state index in [1.165, 1.54) is 44.8 Å². The highest BCUT2D eigenvalue weighted by Crippen LogP contribution is 2.42. The zero-order valence-electron chi connectivity index (χ0n) is 26.7. The van der Waals surface area contributed by atoms with E-state index in [9.17, 15) is 14.4 Å². The van der Waals surface area contributed by atoms with E-state index >= 15 is 0 Å². The van der Waals surface area contributed by atoms with Crippen molar-refractivity contribution in [2.45, 2.75) is 32.1 Å². The molecule has 0 spiro atoms. The predicted molar refractivity (Wildman–Crippen MR) is 184 cm³/mol. The molecular weight excluding hydrogens is 642 g/mol. The summed E-state index contributed by atoms with van der Waals surface area (Å²) in [4.78, 5) is 41.6. The minimum Gasteiger partial charge on any atom is -0.492 e. The quantitative estimate of drug-likeness (QED) is 0.0748. The third-order valence-electron chi connectivity index (χ3n) is 7.73. The van der Waals surface area contributed by atoms with Gasteiger partial charge in [-0.1, -0.05) is 6.42 Å². The van der Waals surface area contributed by atoms with Gasteiger partial charge in [-0.15, -0.1) is 23.7 Å². The Balaban J connectivity index is 0.00000500. The van der Waals surface area contributed by atoms with Gasteiger partial charge in [-0.05, 0) is 98.2 Å². The fraction of sp³-hybridized carbons (Fsp3) is 0.361. The summed E-state index contributed by atoms with van der Waals surface area (Å²) in [6.07, 6.45) is 4.06. The van der Waals surface area contributed by atoms with Crippen molar-refractivity contribution in [2.24, 2.45) is 0 Å². The van der Waals surface area contributed by atoms with E-state index in [4.69, 9.17) is 23.7 Å². The number of piperidine rings is 1. The van der Waals surface area contributed by atoms with Crippen LogP contribution in [0.2, 0.25) is 0 Å². The molecule has 1 fully saturated rings. The van der Waals surface area contributed by atoms with Gasteiger partial charge in [0.05, 0.1) is 26.1 Å². The lowest BCUT2D eigenvalue weighted by atomic mass is 9.97. The summed E-state index contributed by atoms with van der Waals surface area (Å²) < 4.78 is 27.6. The topological polar surface area (TPSA) is 101 Å². The van der Waals surface area contributed by atoms with Crippen molar-refractivity contribution in [3.8, 4) is 27.7 Å². The Morgan fingerprint density at radius 1 is 0.723 bits per heavy atom. The molecule has 2 heterocycles. The maximum Gasteiger partial charge on any atom is 0.313 e. The second kappa shape index (κ2) is 17.9. The maximum atomic E-state index is 14.1. The summed E-state index contributed by atoms with van der Waals surface area (Å²) in [7, 11) is 3.06. The molecule has 0 radical (unpaired) electrons. The van der Waals surface area contributed by atoms with E-state index in [-0.39, 0.29) is 50.2 Å². The molecule has 0 atom stereocenters. The lowest BCUT2D eigenvalue weighted by molar-refractivity contribution is -0.136. The van der Waals surface area contributed by atoms with Crippen LogP contribution >= 0.6 is 23.7 Å². The number of hydrogen-bond acceptors (Lipinski definition) is 10. The Bertz CT molecular complexity index is 1630. The highest BCUT2D eigenvalue weighted by Gasteiger charge is 2.23. The van der Waals surface area contributed by atoms with Crippen LogP contribution in [0.3, 0.4) is 0 Å². The standard InChI is InChI=1S/C36H39NO8S.ClH/c1-41-21-16-32(38)44-28-12-8-26(9-13-28)36-34(30-15-14-29(24-31(30)46-36)45-33(39)17-22-42-2)35(40)25-6-10-27(11-7-25)43-23-20-37-18-4-3-5-19-37;/h6-15,24H,3-5,16-23H2,1-2H3;1H. The Labute approximate surface area is 285 Å². The van der Waals surface area contributed by atoms with E-state index in [1.54, 1.807) is 36.4 Å². The molecule has 1 aromatic heterocycles. The Kier molecular flexibility index (Phi) is 13.8. The summed E-state index contributed by atoms with van der Waals surface area (Å²) in [5.41, 5.74) is 1.86. The van der Waals surface area contributed by atoms with Gasteiger partial charge in [0.1, 0.15) is 23.9 Å². The Morgan fingerprint density at radius 2 is 1.32 bits per heavy atom. The number of benzene rings is 3. The van der Waals surface area contributed by atoms with Gasteiger partial charge < -0.3 is 23.7 Å². The number of rotatable bonds is 15. The first-order chi connectivity index (χ1) is 22.4. The maximum absolute atomic E-state index is 14.1. The minimum atomic E-state index is -0.400. The number of nitrogens with zero attached hydrogens (tertiary/aromatic N) is 1. The second-order valence-electron chi connectivity index (χ2n) is 11.0. The number of carbonyl (C=O) groups excluding carboxylic acids is 3. The number of esters is 2. The summed E-state index contributed by atoms with van der Waals surface area (Å²) in [5.74, 6) is 0.590. The van der Waals surface area contributed by atoms with Crippen LogP contribution in [-0.2, 0) is 19.1 Å². The molecule has 0 N–H and O–H groups in total. The highest BCUT2D eigenvalue weighted by atomic mass is 35.5. The van der Waals surface area contributed by atoms with E-state index in [0.29, 0.717) is 29.2 Å². The first-order valence-electron chi connectivity index (χ1n) is 15.5. The molecule has 4 aromatic rings. The van der Waals surface area contributed by atoms with Crippen molar-refractivity contribution < 1.29 is 38.1 Å². The minimum absolute atomic E-state index is 0. The molecule has 11 heteroatoms. The van der Waals surface area contributed by atoms with Crippen molar-refractivity contribution in [2.75, 3.05) is 53.7 Å². The van der Waals surface area contributed by atoms with Crippen LogP contribution in [0.1, 0.15) is 48.0 Å². The van der Waals surface area contributed by atoms with Crippen LogP contribution in [0.15, 0.2) is 66.7 Å². The van der Waals surface area contributed by atoms with Crippen LogP contribution in [0.4, 0.5) is 0 Å². The SMILES string of the molecule is COCCC(=O)Oc1ccc(-c2sc3cc(OC(=O)CCOC)ccc3c2C(=O)c2ccc(OCCN3CCCCC3)cc2)cc1.Cl. The monoisotopic (exact) mass is 681 g/mol. The summed E-state index contributed by atoms with van der Waals surface area (Å²) >= 11 is 1.43. The number of halogens is 1. The van der Waals surface area contributed by atoms with Gasteiger partial charge in [0.15, 0.2) is 5.78 Å². The first-order valence-corrected chi connectivity index (χ1v) is 16.3. The van der Waals surface area contributed by atoms with Gasteiger partial charge in [-0.3, -0.25) is 19.3 Å². The van der Waals surface area contributed by atoms with E-state index in [1.807, 2.05) is 30.3 Å². The fourth-order valence-corrected chi connectivity index (χ4v) is 6.54. The van der Waals surface area contributed by atoms with Crippen molar-refractivity contribution in [1.29, 1.82) is 0 Å². The lowest BCUT2D eigenvalue weighted by Crippen LogP contribution is -2.33. The summed E-state index contributed by atoms with van der Waals surface area (Å²) in [6, 6.07) is 19.6. The molecule has 0 saturated carbocycles. The third-order valence-corrected chi connectivity index (χ3v) is 8.93. The molecule has 0 unspecified atom stereocenters. The molecule has 3 aromatic carbocycles. The van der Waals surface area contributed by atoms with E-state index < -0.39 is 5.97 Å². The third kappa shape index (κ3) is 9.85. The molecule has 9 nitrogen and oxygen atoms in total. The van der Waals surface area contributed by atoms with Crippen LogP contribution in [0, 0.1) is 0 Å². The van der Waals surface area contributed by atoms with Crippen molar-refractivity contribution in [3.05, 3.63) is 77.9 Å². The summed E-state index contributed by atoms with van der Waals surface area (Å²) in [5, 5.41) is 0.749. The van der Waals surface area contributed by atoms with Gasteiger partial charge >= 0.3 is 11.9 Å². The van der Waals surface area contributed by atoms with Gasteiger partial charge in [-0.25, -0.2) is 0 Å². The number of methoxy groups -OCH3 is 2. The molecule has 0 bridgehead atoms. The van der Waals surface area contributed by atoms with E-state index in [2.05, 4.69) is 4.90 Å². The number of ether oxygens (including phenoxy) is 5. The molecule has 5 rings (SSSR count). The largest absolute Gasteiger partial charge is 0.492 e. The van der Waals surface area contributed by atoms with Gasteiger partial charge in [0.25, 0.3) is 0 Å². The normalized spacial score (nSPS) is 13.1. The first kappa shape index (κ1) is 36.0. The van der Waals surface area contributed by atoms with E-state index in [0.717, 1.165) is 45.9 Å². The van der Waals surface area contributed by atoms with Crippen LogP contribution in [-0.4, -0.2) is 76.3 Å². The van der Waals surface area contributed by atoms with Crippen molar-refractivity contribution >= 4 is 51.6 Å². The van der Waals surface area contributed by atoms with Crippen molar-refractivity contribution in [1.82, 2.24) is 4.90 Å². The molecule has 1 saturated heterocycles. The number of thiophene rings is 1. The zero-order valence-corrected chi connectivity index (χ0v) is 28.3. The average molecular weight is 682 g/mol. The average Bonchev–Trinajstić information content (AvgIpc) is 3.46. The molecule has 0 amide bonds. The second-order valence-corrected chi connectivity index (χ2v) is 12.1. The van der Waals surface area contributed by atoms with Crippen LogP contribution in [0.5, 0.6) is 17.2 Å². The lowest BCUT2D eigenvalue weighted by Gasteiger charge is -2.26. The number of carbonyl (C=O) groups is 3. The van der Waals surface area contributed by atoms with Crippen molar-refractivity contribution in [3.63, 3.8) is 0 Å². The fourth-order valence-electron chi connectivity index (χ4n) is 5.30. The molecule has 1 aliphatic rings. The van der Waals surface area contributed by atoms with Crippen LogP contribution < -0.4 is 14.2 Å². The molecule has 47 heavy (non-hydrogen) atoms. The molecule has 1 aliphatic heterocycles. The smallest absolute Gasteiger partial charge is 0.313 e. The number of fused-ring (bicyclic) bond motifs is 1. The Morgan fingerprint density at radius 3 is 1.96 bits per heavy atom. The zero-order chi connectivity index (χ0) is 32.3. The molecule has 0 aliphatic carbocycles.